The van der Waals surface area contributed by atoms with E-state index in [-0.39, 0.29) is 11.7 Å². The van der Waals surface area contributed by atoms with Gasteiger partial charge in [0.1, 0.15) is 6.20 Å². The Bertz CT molecular complexity index is 357. The van der Waals surface area contributed by atoms with Crippen LogP contribution in [0.25, 0.3) is 0 Å². The summed E-state index contributed by atoms with van der Waals surface area (Å²) < 4.78 is 1.44. The highest BCUT2D eigenvalue weighted by molar-refractivity contribution is 5.55. The first-order valence-electron chi connectivity index (χ1n) is 4.32. The number of aryl methyl sites for hydroxylation is 1. The van der Waals surface area contributed by atoms with Crippen molar-refractivity contribution in [2.45, 2.75) is 6.04 Å². The molecule has 76 valence electrons. The number of rotatable bonds is 3. The fraction of sp³-hybridized carbons (Fsp3) is 0.571. The number of hydrogen-bond acceptors (Lipinski definition) is 5. The van der Waals surface area contributed by atoms with Crippen molar-refractivity contribution >= 4 is 11.5 Å². The van der Waals surface area contributed by atoms with Gasteiger partial charge in [0.15, 0.2) is 0 Å². The van der Waals surface area contributed by atoms with Gasteiger partial charge >= 0.3 is 5.69 Å². The third-order valence-corrected chi connectivity index (χ3v) is 2.13. The Balaban J connectivity index is 2.17. The Labute approximate surface area is 80.2 Å². The molecule has 1 aromatic rings. The van der Waals surface area contributed by atoms with Crippen LogP contribution in [0, 0.1) is 10.1 Å². The van der Waals surface area contributed by atoms with Gasteiger partial charge < -0.3 is 10.6 Å². The monoisotopic (exact) mass is 197 g/mol. The maximum absolute atomic E-state index is 10.6. The third kappa shape index (κ3) is 1.53. The molecule has 1 saturated heterocycles. The van der Waals surface area contributed by atoms with Gasteiger partial charge in [-0.1, -0.05) is 0 Å². The fourth-order valence-electron chi connectivity index (χ4n) is 1.30. The van der Waals surface area contributed by atoms with Crippen LogP contribution in [0.2, 0.25) is 0 Å². The lowest BCUT2D eigenvalue weighted by Gasteiger charge is -2.27. The highest BCUT2D eigenvalue weighted by Crippen LogP contribution is 2.22. The zero-order valence-corrected chi connectivity index (χ0v) is 7.73. The highest BCUT2D eigenvalue weighted by atomic mass is 16.6. The Morgan fingerprint density at radius 1 is 1.79 bits per heavy atom. The lowest BCUT2D eigenvalue weighted by atomic mass is 10.2. The van der Waals surface area contributed by atoms with Gasteiger partial charge in [-0.15, -0.1) is 5.10 Å². The molecule has 1 aliphatic heterocycles. The molecule has 2 N–H and O–H groups in total. The molecule has 1 aliphatic rings. The number of nitro groups is 1. The largest absolute Gasteiger partial charge is 0.358 e. The van der Waals surface area contributed by atoms with Gasteiger partial charge in [0.25, 0.3) is 0 Å². The fourth-order valence-corrected chi connectivity index (χ4v) is 1.30. The predicted molar refractivity (Wildman–Crippen MR) is 50.1 cm³/mol. The summed E-state index contributed by atoms with van der Waals surface area (Å²) in [6, 6.07) is 0.253. The standard InChI is InChI=1S/C7H11N5O2/c1-11-4-6(12(13)14)7(10-11)9-5-2-8-3-5/h4-5,8H,2-3H2,1H3,(H,9,10). The number of aromatic nitrogens is 2. The van der Waals surface area contributed by atoms with E-state index in [1.807, 2.05) is 0 Å². The summed E-state index contributed by atoms with van der Waals surface area (Å²) in [5.41, 5.74) is 0.0272. The van der Waals surface area contributed by atoms with Gasteiger partial charge in [-0.2, -0.15) is 0 Å². The maximum Gasteiger partial charge on any atom is 0.330 e. The van der Waals surface area contributed by atoms with E-state index in [1.165, 1.54) is 10.9 Å². The van der Waals surface area contributed by atoms with Gasteiger partial charge in [-0.05, 0) is 0 Å². The molecule has 0 atom stereocenters. The molecule has 0 spiro atoms. The van der Waals surface area contributed by atoms with E-state index in [9.17, 15) is 10.1 Å². The molecular weight excluding hydrogens is 186 g/mol. The Morgan fingerprint density at radius 2 is 2.50 bits per heavy atom. The molecule has 1 fully saturated rings. The SMILES string of the molecule is Cn1cc([N+](=O)[O-])c(NC2CNC2)n1. The van der Waals surface area contributed by atoms with E-state index in [2.05, 4.69) is 15.7 Å². The van der Waals surface area contributed by atoms with Gasteiger partial charge in [0, 0.05) is 20.1 Å². The lowest BCUT2D eigenvalue weighted by molar-refractivity contribution is -0.384. The van der Waals surface area contributed by atoms with Crippen LogP contribution in [0.4, 0.5) is 11.5 Å². The lowest BCUT2D eigenvalue weighted by Crippen LogP contribution is -2.51. The van der Waals surface area contributed by atoms with E-state index in [1.54, 1.807) is 7.05 Å². The Kier molecular flexibility index (Phi) is 2.08. The molecule has 14 heavy (non-hydrogen) atoms. The van der Waals surface area contributed by atoms with Crippen LogP contribution in [0.15, 0.2) is 6.20 Å². The van der Waals surface area contributed by atoms with Crippen molar-refractivity contribution in [3.05, 3.63) is 16.3 Å². The van der Waals surface area contributed by atoms with Crippen LogP contribution in [0.5, 0.6) is 0 Å². The van der Waals surface area contributed by atoms with Crippen LogP contribution >= 0.6 is 0 Å². The minimum absolute atomic E-state index is 0.0272. The van der Waals surface area contributed by atoms with Gasteiger partial charge in [0.2, 0.25) is 5.82 Å². The van der Waals surface area contributed by atoms with Crippen molar-refractivity contribution in [2.24, 2.45) is 7.05 Å². The van der Waals surface area contributed by atoms with Crippen molar-refractivity contribution in [3.8, 4) is 0 Å². The summed E-state index contributed by atoms with van der Waals surface area (Å²) in [4.78, 5) is 10.2. The van der Waals surface area contributed by atoms with Gasteiger partial charge in [0.05, 0.1) is 11.0 Å². The molecule has 0 aliphatic carbocycles. The minimum atomic E-state index is -0.429. The Hall–Kier alpha value is -1.63. The average Bonchev–Trinajstić information content (AvgIpc) is 2.39. The first kappa shape index (κ1) is 8.95. The highest BCUT2D eigenvalue weighted by Gasteiger charge is 2.23. The molecule has 0 saturated carbocycles. The topological polar surface area (TPSA) is 85.0 Å². The molecule has 7 heteroatoms. The molecule has 2 heterocycles. The number of anilines is 1. The molecule has 0 radical (unpaired) electrons. The van der Waals surface area contributed by atoms with Crippen LogP contribution in [-0.2, 0) is 7.05 Å². The van der Waals surface area contributed by atoms with Crippen molar-refractivity contribution in [1.29, 1.82) is 0 Å². The minimum Gasteiger partial charge on any atom is -0.358 e. The van der Waals surface area contributed by atoms with E-state index >= 15 is 0 Å². The van der Waals surface area contributed by atoms with Crippen LogP contribution in [-0.4, -0.2) is 33.8 Å². The second-order valence-corrected chi connectivity index (χ2v) is 3.29. The summed E-state index contributed by atoms with van der Waals surface area (Å²) in [5, 5.41) is 20.7. The van der Waals surface area contributed by atoms with E-state index in [0.717, 1.165) is 13.1 Å². The van der Waals surface area contributed by atoms with E-state index in [4.69, 9.17) is 0 Å². The number of hydrogen-bond donors (Lipinski definition) is 2. The average molecular weight is 197 g/mol. The maximum atomic E-state index is 10.6. The van der Waals surface area contributed by atoms with Crippen LogP contribution in [0.1, 0.15) is 0 Å². The normalized spacial score (nSPS) is 16.4. The zero-order chi connectivity index (χ0) is 10.1. The smallest absolute Gasteiger partial charge is 0.330 e. The second kappa shape index (κ2) is 3.26. The summed E-state index contributed by atoms with van der Waals surface area (Å²) in [5.74, 6) is 0.351. The summed E-state index contributed by atoms with van der Waals surface area (Å²) >= 11 is 0. The van der Waals surface area contributed by atoms with Gasteiger partial charge in [-0.25, -0.2) is 0 Å². The summed E-state index contributed by atoms with van der Waals surface area (Å²) in [6.07, 6.45) is 1.40. The van der Waals surface area contributed by atoms with Crippen LogP contribution < -0.4 is 10.6 Å². The van der Waals surface area contributed by atoms with Crippen molar-refractivity contribution in [2.75, 3.05) is 18.4 Å². The molecule has 0 unspecified atom stereocenters. The predicted octanol–water partition coefficient (Wildman–Crippen LogP) is -0.288. The Morgan fingerprint density at radius 3 is 3.00 bits per heavy atom. The molecule has 0 aromatic carbocycles. The first-order valence-corrected chi connectivity index (χ1v) is 4.32. The molecular formula is C7H11N5O2. The van der Waals surface area contributed by atoms with E-state index in [0.29, 0.717) is 5.82 Å². The zero-order valence-electron chi connectivity index (χ0n) is 7.73. The number of nitrogens with zero attached hydrogens (tertiary/aromatic N) is 3. The third-order valence-electron chi connectivity index (χ3n) is 2.13. The number of nitrogens with one attached hydrogen (secondary N) is 2. The van der Waals surface area contributed by atoms with Crippen molar-refractivity contribution in [1.82, 2.24) is 15.1 Å². The molecule has 2 rings (SSSR count). The van der Waals surface area contributed by atoms with Gasteiger partial charge in [-0.3, -0.25) is 14.8 Å². The molecule has 1 aromatic heterocycles. The van der Waals surface area contributed by atoms with Crippen LogP contribution in [0.3, 0.4) is 0 Å². The second-order valence-electron chi connectivity index (χ2n) is 3.29. The quantitative estimate of drug-likeness (QED) is 0.514. The molecule has 7 nitrogen and oxygen atoms in total. The van der Waals surface area contributed by atoms with E-state index < -0.39 is 4.92 Å². The summed E-state index contributed by atoms with van der Waals surface area (Å²) in [6.45, 7) is 1.65. The molecule has 0 amide bonds. The van der Waals surface area contributed by atoms with Crippen molar-refractivity contribution in [3.63, 3.8) is 0 Å². The first-order chi connectivity index (χ1) is 6.66. The molecule has 0 bridgehead atoms. The summed E-state index contributed by atoms with van der Waals surface area (Å²) in [7, 11) is 1.66. The van der Waals surface area contributed by atoms with Crippen molar-refractivity contribution < 1.29 is 4.92 Å².